The number of esters is 2. The molecule has 0 bridgehead atoms. The van der Waals surface area contributed by atoms with E-state index in [0.717, 1.165) is 0 Å². The van der Waals surface area contributed by atoms with E-state index in [4.69, 9.17) is 4.74 Å². The van der Waals surface area contributed by atoms with Crippen LogP contribution < -0.4 is 0 Å². The fraction of sp³-hybridized carbons (Fsp3) is 0.714. The second-order valence-corrected chi connectivity index (χ2v) is 5.52. The Kier molecular flexibility index (Phi) is 7.10. The van der Waals surface area contributed by atoms with Crippen molar-refractivity contribution in [3.05, 3.63) is 0 Å². The quantitative estimate of drug-likeness (QED) is 0.520. The van der Waals surface area contributed by atoms with E-state index >= 15 is 0 Å². The standard InChI is InChI=1S/C14H22O6/c1-9(15)11(13(18)20-14(2,3)4)8-10(16)6-7-12(17)19-5/h11H,6-8H2,1-5H3/t11-/m1/s1. The lowest BCUT2D eigenvalue weighted by Gasteiger charge is -2.22. The van der Waals surface area contributed by atoms with E-state index in [1.165, 1.54) is 14.0 Å². The number of carbonyl (C=O) groups excluding carboxylic acids is 4. The van der Waals surface area contributed by atoms with E-state index in [0.29, 0.717) is 0 Å². The number of ether oxygens (including phenoxy) is 2. The summed E-state index contributed by atoms with van der Waals surface area (Å²) >= 11 is 0. The molecule has 0 heterocycles. The van der Waals surface area contributed by atoms with E-state index in [1.54, 1.807) is 20.8 Å². The maximum absolute atomic E-state index is 11.8. The third-order valence-corrected chi connectivity index (χ3v) is 2.45. The lowest BCUT2D eigenvalue weighted by atomic mass is 9.96. The Morgan fingerprint density at radius 1 is 1.05 bits per heavy atom. The lowest BCUT2D eigenvalue weighted by molar-refractivity contribution is -0.163. The Bertz CT molecular complexity index is 391. The van der Waals surface area contributed by atoms with Gasteiger partial charge in [0.1, 0.15) is 23.1 Å². The highest BCUT2D eigenvalue weighted by molar-refractivity contribution is 6.01. The highest BCUT2D eigenvalue weighted by atomic mass is 16.6. The number of Topliss-reactive ketones (excluding diaryl/α,β-unsaturated/α-hetero) is 2. The third-order valence-electron chi connectivity index (χ3n) is 2.45. The number of rotatable bonds is 7. The van der Waals surface area contributed by atoms with Crippen LogP contribution in [0.4, 0.5) is 0 Å². The van der Waals surface area contributed by atoms with Crippen molar-refractivity contribution < 1.29 is 28.7 Å². The zero-order valence-corrected chi connectivity index (χ0v) is 12.6. The highest BCUT2D eigenvalue weighted by Gasteiger charge is 2.30. The molecule has 0 aliphatic rings. The van der Waals surface area contributed by atoms with Crippen LogP contribution in [0.3, 0.4) is 0 Å². The SMILES string of the molecule is COC(=O)CCC(=O)C[C@H](C(C)=O)C(=O)OC(C)(C)C. The first-order chi connectivity index (χ1) is 9.06. The molecule has 0 spiro atoms. The summed E-state index contributed by atoms with van der Waals surface area (Å²) in [6, 6.07) is 0. The largest absolute Gasteiger partial charge is 0.469 e. The average molecular weight is 286 g/mol. The van der Waals surface area contributed by atoms with Crippen LogP contribution in [0, 0.1) is 5.92 Å². The molecule has 0 aliphatic heterocycles. The van der Waals surface area contributed by atoms with Crippen molar-refractivity contribution in [2.24, 2.45) is 5.92 Å². The van der Waals surface area contributed by atoms with Gasteiger partial charge in [-0.25, -0.2) is 0 Å². The summed E-state index contributed by atoms with van der Waals surface area (Å²) in [7, 11) is 1.23. The maximum Gasteiger partial charge on any atom is 0.317 e. The molecule has 114 valence electrons. The smallest absolute Gasteiger partial charge is 0.317 e. The van der Waals surface area contributed by atoms with Gasteiger partial charge in [0.25, 0.3) is 0 Å². The maximum atomic E-state index is 11.8. The highest BCUT2D eigenvalue weighted by Crippen LogP contribution is 2.16. The molecule has 20 heavy (non-hydrogen) atoms. The summed E-state index contributed by atoms with van der Waals surface area (Å²) in [4.78, 5) is 45.9. The molecule has 6 heteroatoms. The fourth-order valence-electron chi connectivity index (χ4n) is 1.44. The lowest BCUT2D eigenvalue weighted by Crippen LogP contribution is -2.33. The summed E-state index contributed by atoms with van der Waals surface area (Å²) in [5.41, 5.74) is -0.722. The molecule has 0 aromatic rings. The van der Waals surface area contributed by atoms with E-state index in [-0.39, 0.29) is 25.0 Å². The van der Waals surface area contributed by atoms with Gasteiger partial charge >= 0.3 is 11.9 Å². The van der Waals surface area contributed by atoms with Crippen LogP contribution in [-0.2, 0) is 28.7 Å². The predicted octanol–water partition coefficient (Wildman–Crippen LogP) is 1.45. The monoisotopic (exact) mass is 286 g/mol. The zero-order chi connectivity index (χ0) is 15.9. The first kappa shape index (κ1) is 18.3. The van der Waals surface area contributed by atoms with Gasteiger partial charge in [-0.05, 0) is 27.7 Å². The Balaban J connectivity index is 4.55. The first-order valence-electron chi connectivity index (χ1n) is 6.38. The van der Waals surface area contributed by atoms with Crippen molar-refractivity contribution in [3.63, 3.8) is 0 Å². The van der Waals surface area contributed by atoms with Gasteiger partial charge in [-0.1, -0.05) is 0 Å². The summed E-state index contributed by atoms with van der Waals surface area (Å²) in [5, 5.41) is 0. The van der Waals surface area contributed by atoms with Gasteiger partial charge in [0, 0.05) is 12.8 Å². The van der Waals surface area contributed by atoms with E-state index in [2.05, 4.69) is 4.74 Å². The molecule has 1 atom stereocenters. The normalized spacial score (nSPS) is 12.4. The van der Waals surface area contributed by atoms with Crippen LogP contribution >= 0.6 is 0 Å². The van der Waals surface area contributed by atoms with E-state index in [9.17, 15) is 19.2 Å². The Morgan fingerprint density at radius 2 is 1.60 bits per heavy atom. The fourth-order valence-corrected chi connectivity index (χ4v) is 1.44. The van der Waals surface area contributed by atoms with E-state index < -0.39 is 29.2 Å². The molecule has 0 fully saturated rings. The van der Waals surface area contributed by atoms with E-state index in [1.807, 2.05) is 0 Å². The molecule has 6 nitrogen and oxygen atoms in total. The van der Waals surface area contributed by atoms with Crippen LogP contribution in [0.5, 0.6) is 0 Å². The Labute approximate surface area is 118 Å². The number of ketones is 2. The molecule has 0 rings (SSSR count). The van der Waals surface area contributed by atoms with Gasteiger partial charge in [0.2, 0.25) is 0 Å². The van der Waals surface area contributed by atoms with Crippen molar-refractivity contribution >= 4 is 23.5 Å². The molecule has 0 N–H and O–H groups in total. The Hall–Kier alpha value is -1.72. The van der Waals surface area contributed by atoms with Gasteiger partial charge in [-0.15, -0.1) is 0 Å². The van der Waals surface area contributed by atoms with Gasteiger partial charge < -0.3 is 9.47 Å². The van der Waals surface area contributed by atoms with Crippen LogP contribution in [0.2, 0.25) is 0 Å². The van der Waals surface area contributed by atoms with Crippen LogP contribution in [-0.4, -0.2) is 36.2 Å². The minimum Gasteiger partial charge on any atom is -0.469 e. The minimum absolute atomic E-state index is 0.0563. The number of hydrogen-bond donors (Lipinski definition) is 0. The van der Waals surface area contributed by atoms with Crippen molar-refractivity contribution in [3.8, 4) is 0 Å². The van der Waals surface area contributed by atoms with Gasteiger partial charge in [0.15, 0.2) is 0 Å². The molecule has 0 radical (unpaired) electrons. The topological polar surface area (TPSA) is 86.7 Å². The van der Waals surface area contributed by atoms with Crippen molar-refractivity contribution in [1.82, 2.24) is 0 Å². The molecule has 0 aromatic carbocycles. The average Bonchev–Trinajstić information content (AvgIpc) is 2.30. The van der Waals surface area contributed by atoms with Gasteiger partial charge in [0.05, 0.1) is 13.5 Å². The van der Waals surface area contributed by atoms with Crippen LogP contribution in [0.15, 0.2) is 0 Å². The summed E-state index contributed by atoms with van der Waals surface area (Å²) in [6.45, 7) is 6.28. The zero-order valence-electron chi connectivity index (χ0n) is 12.6. The number of carbonyl (C=O) groups is 4. The molecular weight excluding hydrogens is 264 g/mol. The summed E-state index contributed by atoms with van der Waals surface area (Å²) in [6.07, 6.45) is -0.366. The molecule has 0 amide bonds. The van der Waals surface area contributed by atoms with Crippen molar-refractivity contribution in [2.75, 3.05) is 7.11 Å². The van der Waals surface area contributed by atoms with Crippen LogP contribution in [0.25, 0.3) is 0 Å². The van der Waals surface area contributed by atoms with Crippen LogP contribution in [0.1, 0.15) is 47.0 Å². The Morgan fingerprint density at radius 3 is 2.00 bits per heavy atom. The summed E-state index contributed by atoms with van der Waals surface area (Å²) < 4.78 is 9.52. The molecular formula is C14H22O6. The minimum atomic E-state index is -1.11. The third kappa shape index (κ3) is 7.66. The second-order valence-electron chi connectivity index (χ2n) is 5.52. The summed E-state index contributed by atoms with van der Waals surface area (Å²) in [5.74, 6) is -3.10. The van der Waals surface area contributed by atoms with Crippen molar-refractivity contribution in [2.45, 2.75) is 52.6 Å². The van der Waals surface area contributed by atoms with Gasteiger partial charge in [-0.2, -0.15) is 0 Å². The molecule has 0 saturated carbocycles. The molecule has 0 aliphatic carbocycles. The van der Waals surface area contributed by atoms with Gasteiger partial charge in [-0.3, -0.25) is 19.2 Å². The first-order valence-corrected chi connectivity index (χ1v) is 6.38. The second kappa shape index (κ2) is 7.77. The molecule has 0 aromatic heterocycles. The predicted molar refractivity (Wildman–Crippen MR) is 70.9 cm³/mol. The molecule has 0 saturated heterocycles. The number of hydrogen-bond acceptors (Lipinski definition) is 6. The van der Waals surface area contributed by atoms with Crippen molar-refractivity contribution in [1.29, 1.82) is 0 Å². The number of methoxy groups -OCH3 is 1. The molecule has 0 unspecified atom stereocenters.